The zero-order chi connectivity index (χ0) is 26.8. The molecule has 2 aliphatic heterocycles. The standard InChI is InChI=1S/C26H31N3O6S2/c1-26(2,3)35-25(31)27-20(13-17-9-6-5-7-10-17)23(30)28-24-29(18-11-8-12-19(14-18)34-4)21-15-37(32,33)16-22(21)36-24/h5-12,14,20-22H,13,15-16H2,1-4H3,(H,27,31)/t20-,21+,22+/m1/s1. The highest BCUT2D eigenvalue weighted by Crippen LogP contribution is 2.41. The fraction of sp³-hybridized carbons (Fsp3) is 0.423. The molecule has 4 rings (SSSR count). The van der Waals surface area contributed by atoms with E-state index in [2.05, 4.69) is 10.3 Å². The Hall–Kier alpha value is -3.05. The summed E-state index contributed by atoms with van der Waals surface area (Å²) >= 11 is 1.27. The molecule has 2 fully saturated rings. The van der Waals surface area contributed by atoms with E-state index in [9.17, 15) is 18.0 Å². The summed E-state index contributed by atoms with van der Waals surface area (Å²) in [6, 6.07) is 15.2. The molecule has 37 heavy (non-hydrogen) atoms. The molecule has 2 aromatic carbocycles. The number of sulfone groups is 1. The third-order valence-corrected chi connectivity index (χ3v) is 9.09. The molecular formula is C26H31N3O6S2. The fourth-order valence-electron chi connectivity index (χ4n) is 4.30. The number of alkyl carbamates (subject to hydrolysis) is 1. The number of methoxy groups -OCH3 is 1. The Kier molecular flexibility index (Phi) is 7.84. The van der Waals surface area contributed by atoms with Crippen LogP contribution < -0.4 is 15.0 Å². The average Bonchev–Trinajstić information content (AvgIpc) is 3.28. The molecule has 0 aromatic heterocycles. The number of hydrogen-bond acceptors (Lipinski definition) is 7. The van der Waals surface area contributed by atoms with E-state index in [1.807, 2.05) is 36.4 Å². The van der Waals surface area contributed by atoms with Crippen molar-refractivity contribution in [1.29, 1.82) is 0 Å². The van der Waals surface area contributed by atoms with Gasteiger partial charge in [-0.15, -0.1) is 0 Å². The number of thioether (sulfide) groups is 1. The Balaban J connectivity index is 1.66. The van der Waals surface area contributed by atoms with Crippen molar-refractivity contribution >= 4 is 44.5 Å². The van der Waals surface area contributed by atoms with Gasteiger partial charge in [-0.25, -0.2) is 13.2 Å². The molecule has 2 heterocycles. The van der Waals surface area contributed by atoms with Crippen LogP contribution in [0.3, 0.4) is 0 Å². The van der Waals surface area contributed by atoms with E-state index in [1.54, 1.807) is 51.0 Å². The first-order valence-electron chi connectivity index (χ1n) is 11.9. The van der Waals surface area contributed by atoms with Gasteiger partial charge in [-0.2, -0.15) is 4.99 Å². The number of carbonyl (C=O) groups excluding carboxylic acids is 2. The number of carbonyl (C=O) groups is 2. The molecule has 2 aromatic rings. The Bertz CT molecular complexity index is 1290. The number of amidine groups is 1. The molecule has 11 heteroatoms. The minimum Gasteiger partial charge on any atom is -0.497 e. The number of amides is 2. The number of nitrogens with one attached hydrogen (secondary N) is 1. The highest BCUT2D eigenvalue weighted by Gasteiger charge is 2.49. The number of benzene rings is 2. The predicted molar refractivity (Wildman–Crippen MR) is 145 cm³/mol. The topological polar surface area (TPSA) is 114 Å². The highest BCUT2D eigenvalue weighted by molar-refractivity contribution is 8.16. The quantitative estimate of drug-likeness (QED) is 0.587. The van der Waals surface area contributed by atoms with Crippen molar-refractivity contribution in [3.05, 3.63) is 60.2 Å². The minimum atomic E-state index is -3.21. The lowest BCUT2D eigenvalue weighted by Crippen LogP contribution is -2.45. The Morgan fingerprint density at radius 2 is 1.86 bits per heavy atom. The Morgan fingerprint density at radius 3 is 2.54 bits per heavy atom. The monoisotopic (exact) mass is 545 g/mol. The zero-order valence-electron chi connectivity index (χ0n) is 21.2. The number of fused-ring (bicyclic) bond motifs is 1. The Labute approximate surface area is 221 Å². The number of hydrogen-bond donors (Lipinski definition) is 1. The van der Waals surface area contributed by atoms with E-state index in [-0.39, 0.29) is 29.2 Å². The second-order valence-electron chi connectivity index (χ2n) is 9.99. The highest BCUT2D eigenvalue weighted by atomic mass is 32.2. The second kappa shape index (κ2) is 10.7. The number of rotatable bonds is 6. The number of anilines is 1. The first kappa shape index (κ1) is 27.0. The third kappa shape index (κ3) is 6.84. The summed E-state index contributed by atoms with van der Waals surface area (Å²) in [5.41, 5.74) is 0.801. The van der Waals surface area contributed by atoms with Crippen LogP contribution >= 0.6 is 11.8 Å². The van der Waals surface area contributed by atoms with Gasteiger partial charge in [-0.05, 0) is 38.5 Å². The number of nitrogens with zero attached hydrogens (tertiary/aromatic N) is 2. The molecule has 198 valence electrons. The van der Waals surface area contributed by atoms with E-state index in [4.69, 9.17) is 9.47 Å². The van der Waals surface area contributed by atoms with Crippen LogP contribution in [0, 0.1) is 0 Å². The second-order valence-corrected chi connectivity index (χ2v) is 13.4. The lowest BCUT2D eigenvalue weighted by Gasteiger charge is -2.25. The van der Waals surface area contributed by atoms with Crippen molar-refractivity contribution in [2.45, 2.75) is 50.1 Å². The van der Waals surface area contributed by atoms with Gasteiger partial charge in [0, 0.05) is 23.4 Å². The van der Waals surface area contributed by atoms with Crippen molar-refractivity contribution in [3.63, 3.8) is 0 Å². The molecule has 0 aliphatic carbocycles. The fourth-order valence-corrected chi connectivity index (χ4v) is 8.22. The molecule has 0 spiro atoms. The van der Waals surface area contributed by atoms with Crippen LogP contribution in [-0.4, -0.2) is 67.1 Å². The zero-order valence-corrected chi connectivity index (χ0v) is 22.8. The van der Waals surface area contributed by atoms with Crippen molar-refractivity contribution in [2.24, 2.45) is 4.99 Å². The first-order chi connectivity index (χ1) is 17.4. The molecule has 0 saturated carbocycles. The SMILES string of the molecule is COc1cccc(N2C(=NC(=O)[C@@H](Cc3ccccc3)NC(=O)OC(C)(C)C)S[C@H]3CS(=O)(=O)C[C@@H]32)c1. The summed E-state index contributed by atoms with van der Waals surface area (Å²) in [4.78, 5) is 32.3. The molecule has 0 unspecified atom stereocenters. The molecule has 2 amide bonds. The predicted octanol–water partition coefficient (Wildman–Crippen LogP) is 3.43. The van der Waals surface area contributed by atoms with E-state index < -0.39 is 33.5 Å². The van der Waals surface area contributed by atoms with Crippen LogP contribution in [-0.2, 0) is 25.8 Å². The van der Waals surface area contributed by atoms with Gasteiger partial charge < -0.3 is 19.7 Å². The van der Waals surface area contributed by atoms with Crippen molar-refractivity contribution in [3.8, 4) is 5.75 Å². The van der Waals surface area contributed by atoms with Gasteiger partial charge in [-0.1, -0.05) is 48.2 Å². The maximum Gasteiger partial charge on any atom is 0.408 e. The molecular weight excluding hydrogens is 514 g/mol. The van der Waals surface area contributed by atoms with Gasteiger partial charge >= 0.3 is 6.09 Å². The summed E-state index contributed by atoms with van der Waals surface area (Å²) in [5, 5.41) is 2.81. The largest absolute Gasteiger partial charge is 0.497 e. The van der Waals surface area contributed by atoms with Crippen LogP contribution in [0.15, 0.2) is 59.6 Å². The van der Waals surface area contributed by atoms with Crippen LogP contribution in [0.2, 0.25) is 0 Å². The molecule has 0 radical (unpaired) electrons. The van der Waals surface area contributed by atoms with Crippen LogP contribution in [0.1, 0.15) is 26.3 Å². The van der Waals surface area contributed by atoms with Gasteiger partial charge in [0.25, 0.3) is 5.91 Å². The summed E-state index contributed by atoms with van der Waals surface area (Å²) in [6.07, 6.45) is -0.491. The maximum atomic E-state index is 13.5. The van der Waals surface area contributed by atoms with Crippen LogP contribution in [0.5, 0.6) is 5.75 Å². The normalized spacial score (nSPS) is 22.4. The van der Waals surface area contributed by atoms with E-state index in [0.29, 0.717) is 16.6 Å². The maximum absolute atomic E-state index is 13.5. The first-order valence-corrected chi connectivity index (χ1v) is 14.6. The molecule has 2 aliphatic rings. The lowest BCUT2D eigenvalue weighted by molar-refractivity contribution is -0.119. The molecule has 1 N–H and O–H groups in total. The van der Waals surface area contributed by atoms with Gasteiger partial charge in [0.05, 0.1) is 24.7 Å². The summed E-state index contributed by atoms with van der Waals surface area (Å²) in [7, 11) is -1.66. The van der Waals surface area contributed by atoms with Gasteiger partial charge in [-0.3, -0.25) is 4.79 Å². The lowest BCUT2D eigenvalue weighted by atomic mass is 10.1. The molecule has 2 saturated heterocycles. The minimum absolute atomic E-state index is 0.0135. The van der Waals surface area contributed by atoms with Crippen molar-refractivity contribution in [2.75, 3.05) is 23.5 Å². The van der Waals surface area contributed by atoms with E-state index >= 15 is 0 Å². The Morgan fingerprint density at radius 1 is 1.14 bits per heavy atom. The third-order valence-electron chi connectivity index (χ3n) is 5.88. The molecule has 0 bridgehead atoms. The van der Waals surface area contributed by atoms with Gasteiger partial charge in [0.1, 0.15) is 17.4 Å². The average molecular weight is 546 g/mol. The van der Waals surface area contributed by atoms with Crippen molar-refractivity contribution in [1.82, 2.24) is 5.32 Å². The van der Waals surface area contributed by atoms with E-state index in [0.717, 1.165) is 5.56 Å². The van der Waals surface area contributed by atoms with E-state index in [1.165, 1.54) is 11.8 Å². The summed E-state index contributed by atoms with van der Waals surface area (Å²) in [6.45, 7) is 5.23. The number of ether oxygens (including phenoxy) is 2. The van der Waals surface area contributed by atoms with Gasteiger partial charge in [0.2, 0.25) is 0 Å². The van der Waals surface area contributed by atoms with Crippen molar-refractivity contribution < 1.29 is 27.5 Å². The van der Waals surface area contributed by atoms with Crippen LogP contribution in [0.25, 0.3) is 0 Å². The molecule has 9 nitrogen and oxygen atoms in total. The van der Waals surface area contributed by atoms with Crippen LogP contribution in [0.4, 0.5) is 10.5 Å². The summed E-state index contributed by atoms with van der Waals surface area (Å²) < 4.78 is 35.5. The van der Waals surface area contributed by atoms with Gasteiger partial charge in [0.15, 0.2) is 15.0 Å². The smallest absolute Gasteiger partial charge is 0.408 e. The number of aliphatic imine (C=N–C) groups is 1. The molecule has 3 atom stereocenters. The summed E-state index contributed by atoms with van der Waals surface area (Å²) in [5.74, 6) is 0.0390.